The summed E-state index contributed by atoms with van der Waals surface area (Å²) in [6.07, 6.45) is 1.21. The molecule has 17 heavy (non-hydrogen) atoms. The molecule has 4 N–H and O–H groups in total. The molecule has 0 rings (SSSR count). The van der Waals surface area contributed by atoms with Gasteiger partial charge in [-0.1, -0.05) is 6.92 Å². The van der Waals surface area contributed by atoms with Crippen molar-refractivity contribution < 1.29 is 23.1 Å². The topological polar surface area (TPSA) is 127 Å². The third-order valence-corrected chi connectivity index (χ3v) is 3.15. The van der Waals surface area contributed by atoms with Crippen molar-refractivity contribution in [3.05, 3.63) is 0 Å². The molecule has 100 valence electrons. The lowest BCUT2D eigenvalue weighted by molar-refractivity contribution is -0.142. The summed E-state index contributed by atoms with van der Waals surface area (Å²) in [7, 11) is -3.26. The van der Waals surface area contributed by atoms with Crippen LogP contribution in [0, 0.1) is 0 Å². The Hall–Kier alpha value is -1.15. The second kappa shape index (κ2) is 6.55. The molecule has 0 saturated heterocycles. The number of nitrogens with one attached hydrogen (secondary N) is 1. The Labute approximate surface area is 100 Å². The fourth-order valence-corrected chi connectivity index (χ4v) is 1.72. The van der Waals surface area contributed by atoms with Gasteiger partial charge < -0.3 is 16.2 Å². The van der Waals surface area contributed by atoms with E-state index >= 15 is 0 Å². The van der Waals surface area contributed by atoms with Gasteiger partial charge in [0, 0.05) is 6.26 Å². The lowest BCUT2D eigenvalue weighted by Gasteiger charge is -2.16. The Morgan fingerprint density at radius 2 is 1.94 bits per heavy atom. The van der Waals surface area contributed by atoms with Gasteiger partial charge in [-0.2, -0.15) is 0 Å². The van der Waals surface area contributed by atoms with Gasteiger partial charge in [0.2, 0.25) is 5.91 Å². The molecular weight excluding hydrogens is 248 g/mol. The maximum atomic E-state index is 11.4. The highest BCUT2D eigenvalue weighted by Gasteiger charge is 2.23. The molecule has 0 radical (unpaired) electrons. The van der Waals surface area contributed by atoms with Crippen molar-refractivity contribution in [3.8, 4) is 0 Å². The first-order chi connectivity index (χ1) is 7.67. The van der Waals surface area contributed by atoms with Gasteiger partial charge in [-0.15, -0.1) is 0 Å². The van der Waals surface area contributed by atoms with Crippen molar-refractivity contribution in [1.82, 2.24) is 5.32 Å². The normalized spacial score (nSPS) is 15.0. The number of nitrogens with two attached hydrogens (primary N) is 1. The van der Waals surface area contributed by atoms with Gasteiger partial charge in [0.25, 0.3) is 0 Å². The van der Waals surface area contributed by atoms with Crippen LogP contribution in [0.15, 0.2) is 0 Å². The summed E-state index contributed by atoms with van der Waals surface area (Å²) in [6.45, 7) is 1.69. The molecule has 0 fully saturated rings. The largest absolute Gasteiger partial charge is 0.480 e. The fourth-order valence-electron chi connectivity index (χ4n) is 1.05. The van der Waals surface area contributed by atoms with E-state index in [4.69, 9.17) is 10.8 Å². The van der Waals surface area contributed by atoms with Crippen LogP contribution in [0.4, 0.5) is 0 Å². The number of carbonyl (C=O) groups excluding carboxylic acids is 1. The van der Waals surface area contributed by atoms with Gasteiger partial charge >= 0.3 is 5.97 Å². The summed E-state index contributed by atoms with van der Waals surface area (Å²) < 4.78 is 21.8. The van der Waals surface area contributed by atoms with Crippen molar-refractivity contribution in [2.24, 2.45) is 5.73 Å². The van der Waals surface area contributed by atoms with E-state index in [1.807, 2.05) is 0 Å². The van der Waals surface area contributed by atoms with Crippen molar-refractivity contribution in [2.45, 2.75) is 31.8 Å². The van der Waals surface area contributed by atoms with E-state index in [9.17, 15) is 18.0 Å². The molecule has 0 aliphatic rings. The molecule has 0 bridgehead atoms. The van der Waals surface area contributed by atoms with E-state index in [1.165, 1.54) is 0 Å². The highest BCUT2D eigenvalue weighted by molar-refractivity contribution is 7.90. The summed E-state index contributed by atoms with van der Waals surface area (Å²) in [4.78, 5) is 22.2. The number of sulfone groups is 1. The van der Waals surface area contributed by atoms with Gasteiger partial charge in [-0.05, 0) is 12.8 Å². The molecule has 7 nitrogen and oxygen atoms in total. The predicted octanol–water partition coefficient (Wildman–Crippen LogP) is -1.27. The van der Waals surface area contributed by atoms with Crippen molar-refractivity contribution in [1.29, 1.82) is 0 Å². The minimum absolute atomic E-state index is 0.170. The molecule has 0 heterocycles. The molecule has 0 aliphatic carbocycles. The average Bonchev–Trinajstić information content (AvgIpc) is 2.20. The SMILES string of the molecule is CCC(N)C(=O)NC(CCS(C)(=O)=O)C(=O)O. The summed E-state index contributed by atoms with van der Waals surface area (Å²) >= 11 is 0. The Morgan fingerprint density at radius 1 is 1.41 bits per heavy atom. The van der Waals surface area contributed by atoms with E-state index in [-0.39, 0.29) is 12.2 Å². The van der Waals surface area contributed by atoms with Crippen LogP contribution in [-0.2, 0) is 19.4 Å². The Balaban J connectivity index is 4.46. The summed E-state index contributed by atoms with van der Waals surface area (Å²) in [5.41, 5.74) is 5.42. The van der Waals surface area contributed by atoms with E-state index in [1.54, 1.807) is 6.92 Å². The molecule has 0 aromatic carbocycles. The van der Waals surface area contributed by atoms with Gasteiger partial charge in [0.1, 0.15) is 15.9 Å². The maximum Gasteiger partial charge on any atom is 0.326 e. The number of rotatable bonds is 7. The average molecular weight is 266 g/mol. The molecule has 0 aliphatic heterocycles. The van der Waals surface area contributed by atoms with Crippen LogP contribution in [0.5, 0.6) is 0 Å². The lowest BCUT2D eigenvalue weighted by Crippen LogP contribution is -2.48. The first-order valence-electron chi connectivity index (χ1n) is 5.14. The third-order valence-electron chi connectivity index (χ3n) is 2.17. The van der Waals surface area contributed by atoms with Gasteiger partial charge in [0.05, 0.1) is 11.8 Å². The third kappa shape index (κ3) is 6.90. The first-order valence-corrected chi connectivity index (χ1v) is 7.20. The maximum absolute atomic E-state index is 11.4. The van der Waals surface area contributed by atoms with Gasteiger partial charge in [-0.25, -0.2) is 13.2 Å². The van der Waals surface area contributed by atoms with Crippen LogP contribution in [0.3, 0.4) is 0 Å². The molecule has 0 aromatic heterocycles. The molecule has 0 saturated carbocycles. The molecule has 2 atom stereocenters. The van der Waals surface area contributed by atoms with Crippen LogP contribution in [0.25, 0.3) is 0 Å². The van der Waals surface area contributed by atoms with Crippen LogP contribution < -0.4 is 11.1 Å². The number of hydrogen-bond donors (Lipinski definition) is 3. The number of hydrogen-bond acceptors (Lipinski definition) is 5. The van der Waals surface area contributed by atoms with Gasteiger partial charge in [-0.3, -0.25) is 4.79 Å². The summed E-state index contributed by atoms with van der Waals surface area (Å²) in [6, 6.07) is -2.01. The highest BCUT2D eigenvalue weighted by Crippen LogP contribution is 1.98. The number of amides is 1. The Morgan fingerprint density at radius 3 is 2.29 bits per heavy atom. The van der Waals surface area contributed by atoms with Crippen molar-refractivity contribution in [2.75, 3.05) is 12.0 Å². The summed E-state index contributed by atoms with van der Waals surface area (Å²) in [5, 5.41) is 11.0. The zero-order valence-corrected chi connectivity index (χ0v) is 10.7. The predicted molar refractivity (Wildman–Crippen MR) is 62.2 cm³/mol. The lowest BCUT2D eigenvalue weighted by atomic mass is 10.2. The van der Waals surface area contributed by atoms with Crippen LogP contribution in [-0.4, -0.2) is 49.5 Å². The first kappa shape index (κ1) is 15.9. The van der Waals surface area contributed by atoms with Crippen LogP contribution >= 0.6 is 0 Å². The molecule has 0 spiro atoms. The minimum atomic E-state index is -3.26. The van der Waals surface area contributed by atoms with E-state index in [0.717, 1.165) is 6.26 Å². The molecule has 2 unspecified atom stereocenters. The standard InChI is InChI=1S/C9H18N2O5S/c1-3-6(10)8(12)11-7(9(13)14)4-5-17(2,15)16/h6-7H,3-5,10H2,1-2H3,(H,11,12)(H,13,14). The van der Waals surface area contributed by atoms with Crippen molar-refractivity contribution in [3.63, 3.8) is 0 Å². The second-order valence-electron chi connectivity index (χ2n) is 3.83. The van der Waals surface area contributed by atoms with Crippen LogP contribution in [0.1, 0.15) is 19.8 Å². The Bertz CT molecular complexity index is 379. The molecule has 0 aromatic rings. The van der Waals surface area contributed by atoms with E-state index in [2.05, 4.69) is 5.32 Å². The fraction of sp³-hybridized carbons (Fsp3) is 0.778. The highest BCUT2D eigenvalue weighted by atomic mass is 32.2. The molecular formula is C9H18N2O5S. The minimum Gasteiger partial charge on any atom is -0.480 e. The van der Waals surface area contributed by atoms with E-state index in [0.29, 0.717) is 6.42 Å². The smallest absolute Gasteiger partial charge is 0.326 e. The Kier molecular flexibility index (Phi) is 6.11. The summed E-state index contributed by atoms with van der Waals surface area (Å²) in [5.74, 6) is -2.16. The van der Waals surface area contributed by atoms with Gasteiger partial charge in [0.15, 0.2) is 0 Å². The number of aliphatic carboxylic acids is 1. The molecule has 8 heteroatoms. The number of carbonyl (C=O) groups is 2. The quantitative estimate of drug-likeness (QED) is 0.527. The number of carboxylic acid groups (broad SMARTS) is 1. The zero-order chi connectivity index (χ0) is 13.6. The molecule has 1 amide bonds. The second-order valence-corrected chi connectivity index (χ2v) is 6.09. The monoisotopic (exact) mass is 266 g/mol. The van der Waals surface area contributed by atoms with Crippen LogP contribution in [0.2, 0.25) is 0 Å². The number of carboxylic acids is 1. The zero-order valence-electron chi connectivity index (χ0n) is 9.84. The van der Waals surface area contributed by atoms with E-state index < -0.39 is 33.8 Å². The van der Waals surface area contributed by atoms with Crippen molar-refractivity contribution >= 4 is 21.7 Å².